The molecule has 0 saturated carbocycles. The van der Waals surface area contributed by atoms with Gasteiger partial charge in [-0.2, -0.15) is 43.2 Å². The Bertz CT molecular complexity index is 768. The lowest BCUT2D eigenvalue weighted by molar-refractivity contribution is -0.0462. The van der Waals surface area contributed by atoms with Crippen LogP contribution < -0.4 is 3.71 Å². The molecule has 0 atom stereocenters. The molecule has 0 radical (unpaired) electrons. The number of hydrogen-bond donors (Lipinski definition) is 1. The van der Waals surface area contributed by atoms with E-state index in [2.05, 4.69) is 0 Å². The van der Waals surface area contributed by atoms with Gasteiger partial charge in [-0.1, -0.05) is 6.07 Å². The first-order chi connectivity index (χ1) is 10.0. The van der Waals surface area contributed by atoms with E-state index in [0.29, 0.717) is 12.1 Å². The first-order valence-corrected chi connectivity index (χ1v) is 8.14. The van der Waals surface area contributed by atoms with Crippen molar-refractivity contribution in [1.29, 1.82) is 0 Å². The van der Waals surface area contributed by atoms with Crippen LogP contribution in [0.2, 0.25) is 0 Å². The first-order valence-electron chi connectivity index (χ1n) is 5.26. The summed E-state index contributed by atoms with van der Waals surface area (Å²) in [6, 6.07) is 1.91. The number of phenols is 1. The molecule has 0 aliphatic rings. The summed E-state index contributed by atoms with van der Waals surface area (Å²) in [6.07, 6.45) is 0. The monoisotopic (exact) mass is 387 g/mol. The predicted molar refractivity (Wildman–Crippen MR) is 65.3 cm³/mol. The Morgan fingerprint density at radius 1 is 0.913 bits per heavy atom. The van der Waals surface area contributed by atoms with Gasteiger partial charge in [0, 0.05) is 0 Å². The van der Waals surface area contributed by atoms with E-state index in [-0.39, 0.29) is 5.56 Å². The molecule has 0 aromatic heterocycles. The summed E-state index contributed by atoms with van der Waals surface area (Å²) in [5.41, 5.74) is -14.5. The Morgan fingerprint density at radius 2 is 1.30 bits per heavy atom. The van der Waals surface area contributed by atoms with Crippen LogP contribution in [0.15, 0.2) is 18.2 Å². The number of halogens is 6. The van der Waals surface area contributed by atoms with Gasteiger partial charge in [0.15, 0.2) is 0 Å². The van der Waals surface area contributed by atoms with Gasteiger partial charge in [-0.25, -0.2) is 0 Å². The number of aromatic hydroxyl groups is 1. The molecule has 0 bridgehead atoms. The zero-order valence-corrected chi connectivity index (χ0v) is 12.5. The molecular weight excluding hydrogens is 380 g/mol. The van der Waals surface area contributed by atoms with E-state index in [1.54, 1.807) is 0 Å². The van der Waals surface area contributed by atoms with Crippen molar-refractivity contribution in [3.63, 3.8) is 0 Å². The van der Waals surface area contributed by atoms with Gasteiger partial charge in [-0.3, -0.25) is 0 Å². The standard InChI is InChI=1S/C9H7F6NO5S2/c1-5-2-3-7(17)6(4-5)16(22(18,19)8(10,11)12)23(20,21)9(13,14)15/h2-4,17H,1H3. The molecular formula is C9H7F6NO5S2. The van der Waals surface area contributed by atoms with Crippen LogP contribution in [0.3, 0.4) is 0 Å². The summed E-state index contributed by atoms with van der Waals surface area (Å²) in [5.74, 6) is -1.41. The third-order valence-corrected chi connectivity index (χ3v) is 5.96. The number of sulfonamides is 2. The molecule has 1 N–H and O–H groups in total. The van der Waals surface area contributed by atoms with Crippen molar-refractivity contribution in [1.82, 2.24) is 0 Å². The van der Waals surface area contributed by atoms with Crippen molar-refractivity contribution in [2.45, 2.75) is 17.9 Å². The van der Waals surface area contributed by atoms with Crippen LogP contribution in [0, 0.1) is 6.92 Å². The number of benzene rings is 1. The number of aryl methyl sites for hydroxylation is 1. The lowest BCUT2D eigenvalue weighted by atomic mass is 10.2. The van der Waals surface area contributed by atoms with Crippen molar-refractivity contribution in [2.75, 3.05) is 3.71 Å². The third-order valence-electron chi connectivity index (χ3n) is 2.35. The lowest BCUT2D eigenvalue weighted by Crippen LogP contribution is -2.49. The molecule has 0 aliphatic carbocycles. The van der Waals surface area contributed by atoms with Crippen molar-refractivity contribution in [3.05, 3.63) is 23.8 Å². The molecule has 0 fully saturated rings. The fraction of sp³-hybridized carbons (Fsp3) is 0.333. The number of anilines is 1. The number of alkyl halides is 6. The quantitative estimate of drug-likeness (QED) is 0.803. The largest absolute Gasteiger partial charge is 0.517 e. The summed E-state index contributed by atoms with van der Waals surface area (Å²) < 4.78 is 119. The highest BCUT2D eigenvalue weighted by molar-refractivity contribution is 8.11. The molecule has 0 heterocycles. The van der Waals surface area contributed by atoms with E-state index in [4.69, 9.17) is 0 Å². The molecule has 6 nitrogen and oxygen atoms in total. The fourth-order valence-corrected chi connectivity index (χ4v) is 4.08. The van der Waals surface area contributed by atoms with Crippen LogP contribution in [0.5, 0.6) is 5.75 Å². The summed E-state index contributed by atoms with van der Waals surface area (Å²) in [7, 11) is -14.0. The SMILES string of the molecule is Cc1ccc(O)c(N(S(=O)(=O)C(F)(F)F)S(=O)(=O)C(F)(F)F)c1. The number of hydrogen-bond acceptors (Lipinski definition) is 5. The predicted octanol–water partition coefficient (Wildman–Crippen LogP) is 2.21. The Hall–Kier alpha value is -1.70. The van der Waals surface area contributed by atoms with Crippen molar-refractivity contribution in [2.24, 2.45) is 0 Å². The van der Waals surface area contributed by atoms with Crippen molar-refractivity contribution < 1.29 is 48.3 Å². The molecule has 14 heteroatoms. The zero-order valence-electron chi connectivity index (χ0n) is 10.8. The average Bonchev–Trinajstić information content (AvgIpc) is 2.30. The van der Waals surface area contributed by atoms with E-state index in [9.17, 15) is 48.3 Å². The highest BCUT2D eigenvalue weighted by Gasteiger charge is 2.62. The first kappa shape index (κ1) is 19.3. The van der Waals surface area contributed by atoms with Gasteiger partial charge in [0.05, 0.1) is 0 Å². The maximum Gasteiger partial charge on any atom is 0.517 e. The second-order valence-corrected chi connectivity index (χ2v) is 7.88. The molecule has 0 spiro atoms. The fourth-order valence-electron chi connectivity index (χ4n) is 1.36. The molecule has 1 aromatic carbocycles. The van der Waals surface area contributed by atoms with E-state index >= 15 is 0 Å². The van der Waals surface area contributed by atoms with Crippen LogP contribution in [0.4, 0.5) is 32.0 Å². The van der Waals surface area contributed by atoms with E-state index in [0.717, 1.165) is 13.0 Å². The number of phenolic OH excluding ortho intramolecular Hbond substituents is 1. The molecule has 1 rings (SSSR count). The van der Waals surface area contributed by atoms with E-state index in [1.165, 1.54) is 0 Å². The summed E-state index contributed by atoms with van der Waals surface area (Å²) in [4.78, 5) is 0. The third kappa shape index (κ3) is 3.31. The van der Waals surface area contributed by atoms with Crippen molar-refractivity contribution in [3.8, 4) is 5.75 Å². The van der Waals surface area contributed by atoms with Gasteiger partial charge in [-0.05, 0) is 24.6 Å². The molecule has 0 amide bonds. The molecule has 0 aliphatic heterocycles. The topological polar surface area (TPSA) is 91.8 Å². The van der Waals surface area contributed by atoms with Gasteiger partial charge in [0.25, 0.3) is 0 Å². The van der Waals surface area contributed by atoms with Crippen LogP contribution in [0.1, 0.15) is 5.56 Å². The lowest BCUT2D eigenvalue weighted by Gasteiger charge is -2.26. The van der Waals surface area contributed by atoms with Crippen LogP contribution in [-0.2, 0) is 20.0 Å². The Kier molecular flexibility index (Phi) is 4.57. The molecule has 23 heavy (non-hydrogen) atoms. The minimum Gasteiger partial charge on any atom is -0.506 e. The Morgan fingerprint density at radius 3 is 1.65 bits per heavy atom. The highest BCUT2D eigenvalue weighted by atomic mass is 32.3. The number of rotatable bonds is 3. The summed E-state index contributed by atoms with van der Waals surface area (Å²) in [6.45, 7) is 1.13. The highest BCUT2D eigenvalue weighted by Crippen LogP contribution is 2.42. The van der Waals surface area contributed by atoms with Gasteiger partial charge >= 0.3 is 31.1 Å². The Labute approximate surface area is 126 Å². The smallest absolute Gasteiger partial charge is 0.506 e. The minimum absolute atomic E-state index is 0.0995. The second-order valence-electron chi connectivity index (χ2n) is 4.09. The normalized spacial score (nSPS) is 13.9. The average molecular weight is 387 g/mol. The van der Waals surface area contributed by atoms with Gasteiger partial charge in [-0.15, -0.1) is 3.71 Å². The van der Waals surface area contributed by atoms with Gasteiger partial charge in [0.2, 0.25) is 0 Å². The van der Waals surface area contributed by atoms with Crippen LogP contribution in [-0.4, -0.2) is 33.0 Å². The zero-order chi connectivity index (χ0) is 18.4. The van der Waals surface area contributed by atoms with Crippen LogP contribution >= 0.6 is 0 Å². The van der Waals surface area contributed by atoms with E-state index < -0.39 is 46.2 Å². The minimum atomic E-state index is -7.01. The summed E-state index contributed by atoms with van der Waals surface area (Å²) >= 11 is 0. The van der Waals surface area contributed by atoms with Crippen LogP contribution in [0.25, 0.3) is 0 Å². The molecule has 132 valence electrons. The molecule has 0 unspecified atom stereocenters. The van der Waals surface area contributed by atoms with Gasteiger partial charge < -0.3 is 5.11 Å². The van der Waals surface area contributed by atoms with E-state index in [1.807, 2.05) is 0 Å². The molecule has 1 aromatic rings. The number of nitrogens with zero attached hydrogens (tertiary/aromatic N) is 1. The molecule has 0 saturated heterocycles. The van der Waals surface area contributed by atoms with Gasteiger partial charge in [0.1, 0.15) is 11.4 Å². The maximum absolute atomic E-state index is 12.6. The summed E-state index contributed by atoms with van der Waals surface area (Å²) in [5, 5.41) is 9.36. The van der Waals surface area contributed by atoms with Crippen molar-refractivity contribution >= 4 is 25.7 Å². The Balaban J connectivity index is 3.90. The maximum atomic E-state index is 12.6. The second kappa shape index (κ2) is 5.43.